The SMILES string of the molecule is CCCC[Te]/C(=C/C(C)C)c1ccccc1. The van der Waals surface area contributed by atoms with Gasteiger partial charge in [0.15, 0.2) is 0 Å². The molecule has 0 atom stereocenters. The van der Waals surface area contributed by atoms with E-state index in [1.807, 2.05) is 0 Å². The van der Waals surface area contributed by atoms with Crippen LogP contribution in [0.3, 0.4) is 0 Å². The average Bonchev–Trinajstić information content (AvgIpc) is 2.29. The van der Waals surface area contributed by atoms with Crippen molar-refractivity contribution in [1.82, 2.24) is 0 Å². The molecule has 0 saturated carbocycles. The van der Waals surface area contributed by atoms with Crippen molar-refractivity contribution >= 4 is 24.5 Å². The van der Waals surface area contributed by atoms with Crippen LogP contribution in [0, 0.1) is 5.92 Å². The summed E-state index contributed by atoms with van der Waals surface area (Å²) in [7, 11) is 0. The minimum atomic E-state index is 0.0165. The summed E-state index contributed by atoms with van der Waals surface area (Å²) in [5.74, 6) is 0.668. The summed E-state index contributed by atoms with van der Waals surface area (Å²) in [5.41, 5.74) is 1.45. The number of rotatable bonds is 6. The fourth-order valence-corrected chi connectivity index (χ4v) is 5.24. The fraction of sp³-hybridized carbons (Fsp3) is 0.467. The number of benzene rings is 1. The van der Waals surface area contributed by atoms with E-state index in [9.17, 15) is 0 Å². The van der Waals surface area contributed by atoms with E-state index in [0.717, 1.165) is 0 Å². The summed E-state index contributed by atoms with van der Waals surface area (Å²) in [5, 5.41) is 0. The maximum atomic E-state index is 2.47. The van der Waals surface area contributed by atoms with Crippen molar-refractivity contribution in [1.29, 1.82) is 0 Å². The van der Waals surface area contributed by atoms with Crippen LogP contribution in [-0.4, -0.2) is 20.9 Å². The predicted molar refractivity (Wildman–Crippen MR) is 74.7 cm³/mol. The molecule has 0 saturated heterocycles. The van der Waals surface area contributed by atoms with Gasteiger partial charge < -0.3 is 0 Å². The van der Waals surface area contributed by atoms with Crippen LogP contribution in [0.15, 0.2) is 36.4 Å². The van der Waals surface area contributed by atoms with E-state index in [2.05, 4.69) is 57.2 Å². The molecule has 0 spiro atoms. The molecule has 0 bridgehead atoms. The van der Waals surface area contributed by atoms with Crippen LogP contribution >= 0.6 is 0 Å². The van der Waals surface area contributed by atoms with Gasteiger partial charge in [-0.2, -0.15) is 0 Å². The molecule has 1 aromatic rings. The topological polar surface area (TPSA) is 0 Å². The van der Waals surface area contributed by atoms with E-state index in [0.29, 0.717) is 5.92 Å². The van der Waals surface area contributed by atoms with Crippen LogP contribution in [0.5, 0.6) is 0 Å². The van der Waals surface area contributed by atoms with Gasteiger partial charge in [0.25, 0.3) is 0 Å². The second-order valence-corrected chi connectivity index (χ2v) is 7.59. The van der Waals surface area contributed by atoms with Gasteiger partial charge in [-0.15, -0.1) is 0 Å². The van der Waals surface area contributed by atoms with Gasteiger partial charge in [-0.25, -0.2) is 0 Å². The third-order valence-corrected chi connectivity index (χ3v) is 5.65. The molecule has 0 aromatic heterocycles. The van der Waals surface area contributed by atoms with Gasteiger partial charge in [0, 0.05) is 0 Å². The van der Waals surface area contributed by atoms with Gasteiger partial charge in [0.05, 0.1) is 0 Å². The molecule has 0 amide bonds. The normalized spacial score (nSPS) is 12.1. The van der Waals surface area contributed by atoms with E-state index in [-0.39, 0.29) is 20.9 Å². The summed E-state index contributed by atoms with van der Waals surface area (Å²) in [6.45, 7) is 6.83. The first kappa shape index (κ1) is 13.8. The van der Waals surface area contributed by atoms with Gasteiger partial charge in [-0.3, -0.25) is 0 Å². The molecule has 1 heteroatoms. The van der Waals surface area contributed by atoms with Crippen molar-refractivity contribution in [3.05, 3.63) is 42.0 Å². The molecule has 16 heavy (non-hydrogen) atoms. The fourth-order valence-electron chi connectivity index (χ4n) is 1.46. The van der Waals surface area contributed by atoms with Crippen molar-refractivity contribution in [3.63, 3.8) is 0 Å². The number of hydrogen-bond donors (Lipinski definition) is 0. The van der Waals surface area contributed by atoms with Crippen LogP contribution in [-0.2, 0) is 0 Å². The molecule has 0 unspecified atom stereocenters. The summed E-state index contributed by atoms with van der Waals surface area (Å²) in [6, 6.07) is 10.9. The second kappa shape index (κ2) is 7.93. The number of hydrogen-bond acceptors (Lipinski definition) is 0. The number of allylic oxidation sites excluding steroid dienone is 1. The third-order valence-electron chi connectivity index (χ3n) is 2.30. The quantitative estimate of drug-likeness (QED) is 0.528. The average molecular weight is 330 g/mol. The number of unbranched alkanes of at least 4 members (excludes halogenated alkanes) is 1. The zero-order chi connectivity index (χ0) is 11.8. The molecule has 0 N–H and O–H groups in total. The Hall–Kier alpha value is -0.250. The molecular weight excluding hydrogens is 308 g/mol. The Bertz CT molecular complexity index is 311. The van der Waals surface area contributed by atoms with Crippen molar-refractivity contribution in [2.45, 2.75) is 38.1 Å². The van der Waals surface area contributed by atoms with Crippen molar-refractivity contribution in [3.8, 4) is 0 Å². The molecule has 0 nitrogen and oxygen atoms in total. The summed E-state index contributed by atoms with van der Waals surface area (Å²) in [6.07, 6.45) is 5.19. The molecule has 1 aromatic carbocycles. The summed E-state index contributed by atoms with van der Waals surface area (Å²) in [4.78, 5) is 0. The Labute approximate surface area is 110 Å². The molecule has 0 radical (unpaired) electrons. The van der Waals surface area contributed by atoms with Crippen LogP contribution in [0.4, 0.5) is 0 Å². The van der Waals surface area contributed by atoms with E-state index in [1.54, 1.807) is 3.62 Å². The first-order chi connectivity index (χ1) is 7.74. The van der Waals surface area contributed by atoms with E-state index >= 15 is 0 Å². The summed E-state index contributed by atoms with van der Waals surface area (Å²) < 4.78 is 3.09. The van der Waals surface area contributed by atoms with Gasteiger partial charge in [-0.1, -0.05) is 0 Å². The predicted octanol–water partition coefficient (Wildman–Crippen LogP) is 4.61. The van der Waals surface area contributed by atoms with Gasteiger partial charge >= 0.3 is 111 Å². The van der Waals surface area contributed by atoms with Crippen LogP contribution in [0.1, 0.15) is 39.2 Å². The molecule has 0 aliphatic heterocycles. The molecule has 0 aliphatic carbocycles. The molecule has 0 heterocycles. The Balaban J connectivity index is 2.72. The second-order valence-electron chi connectivity index (χ2n) is 4.34. The van der Waals surface area contributed by atoms with Crippen molar-refractivity contribution < 1.29 is 0 Å². The van der Waals surface area contributed by atoms with E-state index < -0.39 is 0 Å². The Morgan fingerprint density at radius 2 is 1.94 bits per heavy atom. The van der Waals surface area contributed by atoms with Crippen molar-refractivity contribution in [2.24, 2.45) is 5.92 Å². The van der Waals surface area contributed by atoms with Crippen molar-refractivity contribution in [2.75, 3.05) is 0 Å². The van der Waals surface area contributed by atoms with E-state index in [4.69, 9.17) is 0 Å². The molecular formula is C15H22Te. The Morgan fingerprint density at radius 3 is 2.50 bits per heavy atom. The minimum absolute atomic E-state index is 0.0165. The Morgan fingerprint density at radius 1 is 1.25 bits per heavy atom. The van der Waals surface area contributed by atoms with Crippen LogP contribution < -0.4 is 0 Å². The van der Waals surface area contributed by atoms with Gasteiger partial charge in [0.1, 0.15) is 0 Å². The standard InChI is InChI=1S/C15H22Te/c1-4-5-11-16-15(12-13(2)3)14-9-7-6-8-10-14/h6-10,12-13H,4-5,11H2,1-3H3/b15-12+. The molecule has 0 fully saturated rings. The summed E-state index contributed by atoms with van der Waals surface area (Å²) >= 11 is 0.0165. The zero-order valence-corrected chi connectivity index (χ0v) is 12.9. The Kier molecular flexibility index (Phi) is 6.85. The van der Waals surface area contributed by atoms with Crippen LogP contribution in [0.25, 0.3) is 3.62 Å². The maximum absolute atomic E-state index is 2.47. The van der Waals surface area contributed by atoms with Crippen LogP contribution in [0.2, 0.25) is 4.47 Å². The molecule has 88 valence electrons. The third kappa shape index (κ3) is 5.19. The monoisotopic (exact) mass is 332 g/mol. The first-order valence-corrected chi connectivity index (χ1v) is 8.95. The molecule has 0 aliphatic rings. The van der Waals surface area contributed by atoms with E-state index in [1.165, 1.54) is 22.9 Å². The van der Waals surface area contributed by atoms with Gasteiger partial charge in [-0.05, 0) is 0 Å². The zero-order valence-electron chi connectivity index (χ0n) is 10.6. The van der Waals surface area contributed by atoms with Gasteiger partial charge in [0.2, 0.25) is 0 Å². The first-order valence-electron chi connectivity index (χ1n) is 6.14. The molecule has 1 rings (SSSR count).